The van der Waals surface area contributed by atoms with E-state index in [0.717, 1.165) is 18.2 Å². The first-order valence-electron chi connectivity index (χ1n) is 13.5. The number of esters is 1. The maximum Gasteiger partial charge on any atom is 0.330 e. The minimum atomic E-state index is -1.80. The summed E-state index contributed by atoms with van der Waals surface area (Å²) < 4.78 is 16.7. The van der Waals surface area contributed by atoms with Crippen LogP contribution in [0.3, 0.4) is 0 Å². The molecular formula is C32H32O12. The Morgan fingerprint density at radius 2 is 1.45 bits per heavy atom. The molecule has 5 atom stereocenters. The highest BCUT2D eigenvalue weighted by molar-refractivity contribution is 5.88. The molecule has 0 spiro atoms. The lowest BCUT2D eigenvalue weighted by Crippen LogP contribution is -2.48. The van der Waals surface area contributed by atoms with Crippen LogP contribution in [0.1, 0.15) is 19.4 Å². The fourth-order valence-corrected chi connectivity index (χ4v) is 4.36. The molecular weight excluding hydrogens is 576 g/mol. The number of carbonyl (C=O) groups excluding carboxylic acids is 1. The van der Waals surface area contributed by atoms with Crippen LogP contribution < -0.4 is 10.2 Å². The number of phenols is 4. The standard InChI is InChI=1S/C32H32O12/c1-16(15-42-25(37)12-5-18-3-8-20(33)9-4-18)27(38)30(41)28(39)17(2)43-32-29(40)26-23(36)13-22(35)14-24(26)44-31(32)19-6-10-21(34)11-7-19/h3-14,16-17,27-28,30,33-36,38-39,41H,15H2,1-2H3/b12-5+/t16-,17-,27-,28?,30?/m1/s1. The molecule has 2 unspecified atom stereocenters. The Hall–Kier alpha value is -5.04. The van der Waals surface area contributed by atoms with Crippen LogP contribution >= 0.6 is 0 Å². The van der Waals surface area contributed by atoms with E-state index >= 15 is 0 Å². The highest BCUT2D eigenvalue weighted by Crippen LogP contribution is 2.36. The Bertz CT molecular complexity index is 1690. The number of rotatable bonds is 11. The molecule has 1 heterocycles. The van der Waals surface area contributed by atoms with E-state index in [2.05, 4.69) is 0 Å². The van der Waals surface area contributed by atoms with E-state index in [1.165, 1.54) is 56.3 Å². The molecule has 0 bridgehead atoms. The van der Waals surface area contributed by atoms with Crippen LogP contribution in [0.25, 0.3) is 28.4 Å². The van der Waals surface area contributed by atoms with Crippen LogP contribution in [0.15, 0.2) is 76.0 Å². The van der Waals surface area contributed by atoms with Gasteiger partial charge in [0, 0.05) is 29.7 Å². The fourth-order valence-electron chi connectivity index (χ4n) is 4.36. The largest absolute Gasteiger partial charge is 0.508 e. The average molecular weight is 609 g/mol. The first kappa shape index (κ1) is 31.9. The van der Waals surface area contributed by atoms with Crippen molar-refractivity contribution < 1.29 is 54.4 Å². The van der Waals surface area contributed by atoms with Crippen LogP contribution in [0.4, 0.5) is 0 Å². The second-order valence-corrected chi connectivity index (χ2v) is 10.3. The second kappa shape index (κ2) is 13.5. The van der Waals surface area contributed by atoms with Gasteiger partial charge in [-0.25, -0.2) is 4.79 Å². The first-order chi connectivity index (χ1) is 20.8. The van der Waals surface area contributed by atoms with Crippen molar-refractivity contribution in [2.24, 2.45) is 5.92 Å². The Morgan fingerprint density at radius 3 is 2.09 bits per heavy atom. The molecule has 0 saturated heterocycles. The van der Waals surface area contributed by atoms with Crippen LogP contribution in [0, 0.1) is 5.92 Å². The predicted octanol–water partition coefficient (Wildman–Crippen LogP) is 3.03. The highest BCUT2D eigenvalue weighted by Gasteiger charge is 2.35. The second-order valence-electron chi connectivity index (χ2n) is 10.3. The third-order valence-electron chi connectivity index (χ3n) is 6.91. The van der Waals surface area contributed by atoms with Crippen LogP contribution in [0.2, 0.25) is 0 Å². The summed E-state index contributed by atoms with van der Waals surface area (Å²) in [7, 11) is 0. The van der Waals surface area contributed by atoms with Crippen molar-refractivity contribution in [1.82, 2.24) is 0 Å². The summed E-state index contributed by atoms with van der Waals surface area (Å²) in [5.74, 6) is -3.08. The minimum absolute atomic E-state index is 0.0660. The molecule has 12 nitrogen and oxygen atoms in total. The summed E-state index contributed by atoms with van der Waals surface area (Å²) in [6.45, 7) is 2.52. The quantitative estimate of drug-likeness (QED) is 0.0969. The normalized spacial score (nSPS) is 15.0. The summed E-state index contributed by atoms with van der Waals surface area (Å²) in [6, 6.07) is 13.7. The van der Waals surface area contributed by atoms with E-state index < -0.39 is 53.2 Å². The van der Waals surface area contributed by atoms with Crippen molar-refractivity contribution in [2.75, 3.05) is 6.61 Å². The van der Waals surface area contributed by atoms with Gasteiger partial charge in [-0.05, 0) is 55.0 Å². The van der Waals surface area contributed by atoms with Crippen LogP contribution in [0.5, 0.6) is 28.7 Å². The van der Waals surface area contributed by atoms with Gasteiger partial charge in [0.15, 0.2) is 5.76 Å². The van der Waals surface area contributed by atoms with Crippen molar-refractivity contribution in [3.8, 4) is 40.1 Å². The van der Waals surface area contributed by atoms with Crippen LogP contribution in [-0.2, 0) is 9.53 Å². The number of carbonyl (C=O) groups is 1. The van der Waals surface area contributed by atoms with Crippen molar-refractivity contribution >= 4 is 23.0 Å². The molecule has 0 amide bonds. The average Bonchev–Trinajstić information content (AvgIpc) is 2.99. The Balaban J connectivity index is 1.49. The van der Waals surface area contributed by atoms with E-state index in [1.807, 2.05) is 0 Å². The zero-order valence-electron chi connectivity index (χ0n) is 23.7. The summed E-state index contributed by atoms with van der Waals surface area (Å²) in [6.07, 6.45) is -3.83. The lowest BCUT2D eigenvalue weighted by Gasteiger charge is -2.30. The van der Waals surface area contributed by atoms with Gasteiger partial charge in [-0.15, -0.1) is 0 Å². The first-order valence-corrected chi connectivity index (χ1v) is 13.5. The number of aliphatic hydroxyl groups is 3. The maximum atomic E-state index is 13.5. The van der Waals surface area contributed by atoms with Crippen LogP contribution in [-0.4, -0.2) is 72.7 Å². The number of aliphatic hydroxyl groups excluding tert-OH is 3. The molecule has 232 valence electrons. The lowest BCUT2D eigenvalue weighted by atomic mass is 9.95. The fraction of sp³-hybridized carbons (Fsp3) is 0.250. The van der Waals surface area contributed by atoms with E-state index in [-0.39, 0.29) is 46.1 Å². The Kier molecular flexibility index (Phi) is 9.79. The van der Waals surface area contributed by atoms with Gasteiger partial charge in [-0.1, -0.05) is 19.1 Å². The van der Waals surface area contributed by atoms with Gasteiger partial charge >= 0.3 is 5.97 Å². The molecule has 4 rings (SSSR count). The highest BCUT2D eigenvalue weighted by atomic mass is 16.5. The molecule has 0 aliphatic carbocycles. The van der Waals surface area contributed by atoms with Gasteiger partial charge in [0.05, 0.1) is 12.7 Å². The molecule has 0 aliphatic heterocycles. The van der Waals surface area contributed by atoms with Crippen molar-refractivity contribution in [3.63, 3.8) is 0 Å². The third-order valence-corrected chi connectivity index (χ3v) is 6.91. The number of hydrogen-bond donors (Lipinski definition) is 7. The van der Waals surface area contributed by atoms with E-state index in [9.17, 15) is 45.3 Å². The molecule has 0 fully saturated rings. The number of fused-ring (bicyclic) bond motifs is 1. The SMILES string of the molecule is C[C@H](COC(=O)/C=C/c1ccc(O)cc1)[C@@H](O)C(O)C(O)[C@@H](C)Oc1c(-c2ccc(O)cc2)oc2cc(O)cc(O)c2c1=O. The Morgan fingerprint density at radius 1 is 0.841 bits per heavy atom. The van der Waals surface area contributed by atoms with Gasteiger partial charge in [0.1, 0.15) is 52.3 Å². The summed E-state index contributed by atoms with van der Waals surface area (Å²) in [5, 5.41) is 71.2. The minimum Gasteiger partial charge on any atom is -0.508 e. The maximum absolute atomic E-state index is 13.5. The number of ether oxygens (including phenoxy) is 2. The van der Waals surface area contributed by atoms with Gasteiger partial charge in [0.25, 0.3) is 0 Å². The molecule has 44 heavy (non-hydrogen) atoms. The van der Waals surface area contributed by atoms with Crippen molar-refractivity contribution in [2.45, 2.75) is 38.3 Å². The van der Waals surface area contributed by atoms with E-state index in [1.54, 1.807) is 12.1 Å². The number of aromatic hydroxyl groups is 4. The summed E-state index contributed by atoms with van der Waals surface area (Å²) in [4.78, 5) is 25.6. The molecule has 7 N–H and O–H groups in total. The molecule has 0 saturated carbocycles. The zero-order chi connectivity index (χ0) is 32.1. The topological polar surface area (TPSA) is 207 Å². The third kappa shape index (κ3) is 7.29. The number of phenolic OH excluding ortho intramolecular Hbond substituents is 4. The Labute approximate surface area is 250 Å². The molecule has 0 radical (unpaired) electrons. The number of benzene rings is 3. The number of hydrogen-bond acceptors (Lipinski definition) is 12. The smallest absolute Gasteiger partial charge is 0.330 e. The van der Waals surface area contributed by atoms with E-state index in [0.29, 0.717) is 5.56 Å². The summed E-state index contributed by atoms with van der Waals surface area (Å²) >= 11 is 0. The molecule has 4 aromatic rings. The van der Waals surface area contributed by atoms with E-state index in [4.69, 9.17) is 13.9 Å². The van der Waals surface area contributed by atoms with Gasteiger partial charge in [0.2, 0.25) is 11.2 Å². The van der Waals surface area contributed by atoms with Gasteiger partial charge in [-0.3, -0.25) is 4.79 Å². The monoisotopic (exact) mass is 608 g/mol. The summed E-state index contributed by atoms with van der Waals surface area (Å²) in [5.41, 5.74) is -0.0889. The van der Waals surface area contributed by atoms with Crippen molar-refractivity contribution in [3.05, 3.63) is 82.5 Å². The zero-order valence-corrected chi connectivity index (χ0v) is 23.7. The molecule has 3 aromatic carbocycles. The van der Waals surface area contributed by atoms with Gasteiger partial charge in [-0.2, -0.15) is 0 Å². The molecule has 12 heteroatoms. The molecule has 1 aromatic heterocycles. The lowest BCUT2D eigenvalue weighted by molar-refractivity contribution is -0.144. The predicted molar refractivity (Wildman–Crippen MR) is 158 cm³/mol. The van der Waals surface area contributed by atoms with Gasteiger partial charge < -0.3 is 49.6 Å². The molecule has 0 aliphatic rings. The van der Waals surface area contributed by atoms with Crippen molar-refractivity contribution in [1.29, 1.82) is 0 Å².